The van der Waals surface area contributed by atoms with E-state index < -0.39 is 0 Å². The predicted octanol–water partition coefficient (Wildman–Crippen LogP) is 1.38. The van der Waals surface area contributed by atoms with Crippen molar-refractivity contribution >= 4 is 5.91 Å². The molecule has 1 aromatic rings. The molecule has 0 unspecified atom stereocenters. The summed E-state index contributed by atoms with van der Waals surface area (Å²) in [5.41, 5.74) is 0.629. The molecular weight excluding hydrogens is 150 g/mol. The second kappa shape index (κ2) is 2.97. The molecule has 1 aliphatic carbocycles. The Morgan fingerprint density at radius 3 is 2.92 bits per heavy atom. The molecule has 2 rings (SSSR count). The third-order valence-corrected chi connectivity index (χ3v) is 1.87. The smallest absolute Gasteiger partial charge is 0.252 e. The molecule has 0 aromatic heterocycles. The van der Waals surface area contributed by atoms with Crippen molar-refractivity contribution in [1.82, 2.24) is 5.32 Å². The molecule has 1 aliphatic rings. The lowest BCUT2D eigenvalue weighted by Crippen LogP contribution is -2.25. The van der Waals surface area contributed by atoms with Crippen LogP contribution < -0.4 is 5.32 Å². The second-order valence-electron chi connectivity index (χ2n) is 3.02. The lowest BCUT2D eigenvalue weighted by molar-refractivity contribution is 0.0951. The maximum atomic E-state index is 11.4. The molecule has 1 aromatic carbocycles. The van der Waals surface area contributed by atoms with Gasteiger partial charge in [-0.1, -0.05) is 18.2 Å². The second-order valence-corrected chi connectivity index (χ2v) is 3.02. The van der Waals surface area contributed by atoms with E-state index in [0.29, 0.717) is 11.6 Å². The molecule has 1 N–H and O–H groups in total. The number of nitrogens with one attached hydrogen (secondary N) is 1. The number of carbonyl (C=O) groups excluding carboxylic acids is 1. The number of hydrogen-bond acceptors (Lipinski definition) is 1. The molecule has 0 atom stereocenters. The summed E-state index contributed by atoms with van der Waals surface area (Å²) in [6, 6.07) is 10.5. The summed E-state index contributed by atoms with van der Waals surface area (Å²) in [5.74, 6) is -0.00176. The fourth-order valence-electron chi connectivity index (χ4n) is 1.03. The summed E-state index contributed by atoms with van der Waals surface area (Å²) in [5, 5.41) is 2.90. The van der Waals surface area contributed by atoms with Gasteiger partial charge in [-0.25, -0.2) is 0 Å². The van der Waals surface area contributed by atoms with Crippen LogP contribution in [0.4, 0.5) is 0 Å². The zero-order valence-electron chi connectivity index (χ0n) is 6.71. The SMILES string of the molecule is O=C(NC1CC1)c1[c]cccc1. The highest BCUT2D eigenvalue weighted by Gasteiger charge is 2.23. The minimum absolute atomic E-state index is 0.00176. The van der Waals surface area contributed by atoms with Gasteiger partial charge in [0, 0.05) is 11.6 Å². The highest BCUT2D eigenvalue weighted by atomic mass is 16.1. The molecular formula is C10H10NO. The molecule has 1 fully saturated rings. The van der Waals surface area contributed by atoms with Crippen LogP contribution in [0.2, 0.25) is 0 Å². The third-order valence-electron chi connectivity index (χ3n) is 1.87. The molecule has 0 aliphatic heterocycles. The molecule has 0 bridgehead atoms. The van der Waals surface area contributed by atoms with E-state index in [1.165, 1.54) is 0 Å². The van der Waals surface area contributed by atoms with Crippen LogP contribution in [0.25, 0.3) is 0 Å². The summed E-state index contributed by atoms with van der Waals surface area (Å²) in [4.78, 5) is 11.4. The Kier molecular flexibility index (Phi) is 1.82. The number of rotatable bonds is 2. The van der Waals surface area contributed by atoms with Gasteiger partial charge >= 0.3 is 0 Å². The number of hydrogen-bond donors (Lipinski definition) is 1. The molecule has 12 heavy (non-hydrogen) atoms. The van der Waals surface area contributed by atoms with Crippen molar-refractivity contribution in [2.24, 2.45) is 0 Å². The highest BCUT2D eigenvalue weighted by Crippen LogP contribution is 2.19. The van der Waals surface area contributed by atoms with Crippen LogP contribution in [0.5, 0.6) is 0 Å². The van der Waals surface area contributed by atoms with Crippen LogP contribution >= 0.6 is 0 Å². The van der Waals surface area contributed by atoms with Gasteiger partial charge in [-0.2, -0.15) is 0 Å². The van der Waals surface area contributed by atoms with Gasteiger partial charge in [0.05, 0.1) is 0 Å². The number of benzene rings is 1. The van der Waals surface area contributed by atoms with Gasteiger partial charge in [-0.3, -0.25) is 4.79 Å². The Labute approximate surface area is 71.6 Å². The summed E-state index contributed by atoms with van der Waals surface area (Å²) in [6.07, 6.45) is 2.25. The van der Waals surface area contributed by atoms with Gasteiger partial charge < -0.3 is 5.32 Å². The molecule has 2 heteroatoms. The average Bonchev–Trinajstić information content (AvgIpc) is 2.90. The molecule has 0 spiro atoms. The molecule has 1 radical (unpaired) electrons. The molecule has 0 saturated heterocycles. The van der Waals surface area contributed by atoms with Gasteiger partial charge in [0.25, 0.3) is 5.91 Å². The van der Waals surface area contributed by atoms with Crippen LogP contribution in [0.1, 0.15) is 23.2 Å². The topological polar surface area (TPSA) is 29.1 Å². The predicted molar refractivity (Wildman–Crippen MR) is 45.8 cm³/mol. The van der Waals surface area contributed by atoms with Crippen molar-refractivity contribution in [3.05, 3.63) is 35.9 Å². The molecule has 0 heterocycles. The monoisotopic (exact) mass is 160 g/mol. The fraction of sp³-hybridized carbons (Fsp3) is 0.300. The summed E-state index contributed by atoms with van der Waals surface area (Å²) >= 11 is 0. The minimum Gasteiger partial charge on any atom is -0.349 e. The van der Waals surface area contributed by atoms with Crippen LogP contribution in [0, 0.1) is 6.07 Å². The normalized spacial score (nSPS) is 15.7. The van der Waals surface area contributed by atoms with E-state index in [2.05, 4.69) is 11.4 Å². The summed E-state index contributed by atoms with van der Waals surface area (Å²) in [7, 11) is 0. The first kappa shape index (κ1) is 7.35. The van der Waals surface area contributed by atoms with Gasteiger partial charge in [-0.15, -0.1) is 0 Å². The lowest BCUT2D eigenvalue weighted by atomic mass is 10.2. The van der Waals surface area contributed by atoms with E-state index in [-0.39, 0.29) is 5.91 Å². The largest absolute Gasteiger partial charge is 0.349 e. The Bertz CT molecular complexity index is 277. The fourth-order valence-corrected chi connectivity index (χ4v) is 1.03. The maximum Gasteiger partial charge on any atom is 0.252 e. The molecule has 61 valence electrons. The first-order chi connectivity index (χ1) is 5.86. The van der Waals surface area contributed by atoms with Crippen LogP contribution in [-0.2, 0) is 0 Å². The standard InChI is InChI=1S/C10H10NO/c12-10(11-9-6-7-9)8-4-2-1-3-5-8/h1-4,9H,6-7H2,(H,11,12). The molecule has 1 amide bonds. The van der Waals surface area contributed by atoms with E-state index >= 15 is 0 Å². The van der Waals surface area contributed by atoms with E-state index in [4.69, 9.17) is 0 Å². The number of carbonyl (C=O) groups is 1. The molecule has 1 saturated carbocycles. The zero-order chi connectivity index (χ0) is 8.39. The van der Waals surface area contributed by atoms with Gasteiger partial charge in [-0.05, 0) is 25.0 Å². The Balaban J connectivity index is 2.03. The first-order valence-electron chi connectivity index (χ1n) is 4.14. The van der Waals surface area contributed by atoms with Crippen molar-refractivity contribution in [3.63, 3.8) is 0 Å². The van der Waals surface area contributed by atoms with Gasteiger partial charge in [0.15, 0.2) is 0 Å². The van der Waals surface area contributed by atoms with Crippen LogP contribution in [0.3, 0.4) is 0 Å². The average molecular weight is 160 g/mol. The van der Waals surface area contributed by atoms with Gasteiger partial charge in [0.2, 0.25) is 0 Å². The molecule has 2 nitrogen and oxygen atoms in total. The summed E-state index contributed by atoms with van der Waals surface area (Å²) < 4.78 is 0. The highest BCUT2D eigenvalue weighted by molar-refractivity contribution is 5.94. The van der Waals surface area contributed by atoms with Gasteiger partial charge in [0.1, 0.15) is 0 Å². The van der Waals surface area contributed by atoms with Crippen molar-refractivity contribution in [2.45, 2.75) is 18.9 Å². The van der Waals surface area contributed by atoms with Crippen molar-refractivity contribution < 1.29 is 4.79 Å². The van der Waals surface area contributed by atoms with E-state index in [9.17, 15) is 4.79 Å². The number of amides is 1. The third kappa shape index (κ3) is 1.64. The zero-order valence-corrected chi connectivity index (χ0v) is 6.71. The van der Waals surface area contributed by atoms with E-state index in [0.717, 1.165) is 12.8 Å². The Hall–Kier alpha value is -1.31. The van der Waals surface area contributed by atoms with Crippen molar-refractivity contribution in [2.75, 3.05) is 0 Å². The van der Waals surface area contributed by atoms with E-state index in [1.807, 2.05) is 12.1 Å². The Morgan fingerprint density at radius 2 is 2.33 bits per heavy atom. The van der Waals surface area contributed by atoms with Crippen LogP contribution in [-0.4, -0.2) is 11.9 Å². The maximum absolute atomic E-state index is 11.4. The summed E-state index contributed by atoms with van der Waals surface area (Å²) in [6.45, 7) is 0. The van der Waals surface area contributed by atoms with Crippen molar-refractivity contribution in [1.29, 1.82) is 0 Å². The quantitative estimate of drug-likeness (QED) is 0.695. The van der Waals surface area contributed by atoms with E-state index in [1.54, 1.807) is 12.1 Å². The lowest BCUT2D eigenvalue weighted by Gasteiger charge is -2.00. The van der Waals surface area contributed by atoms with Crippen LogP contribution in [0.15, 0.2) is 24.3 Å². The minimum atomic E-state index is -0.00176. The Morgan fingerprint density at radius 1 is 1.50 bits per heavy atom. The first-order valence-corrected chi connectivity index (χ1v) is 4.14. The van der Waals surface area contributed by atoms with Crippen molar-refractivity contribution in [3.8, 4) is 0 Å².